The predicted octanol–water partition coefficient (Wildman–Crippen LogP) is 2.80. The van der Waals surface area contributed by atoms with Gasteiger partial charge in [0.2, 0.25) is 0 Å². The Morgan fingerprint density at radius 3 is 2.89 bits per heavy atom. The molecule has 5 heteroatoms. The van der Waals surface area contributed by atoms with Crippen LogP contribution in [0.15, 0.2) is 36.7 Å². The molecule has 2 heterocycles. The minimum Gasteiger partial charge on any atom is -0.383 e. The molecule has 2 rings (SSSR count). The highest BCUT2D eigenvalue weighted by Crippen LogP contribution is 2.26. The van der Waals surface area contributed by atoms with Gasteiger partial charge in [0.25, 0.3) is 0 Å². The third-order valence-electron chi connectivity index (χ3n) is 2.81. The van der Waals surface area contributed by atoms with Gasteiger partial charge in [-0.2, -0.15) is 0 Å². The van der Waals surface area contributed by atoms with Gasteiger partial charge in [-0.15, -0.1) is 0 Å². The van der Waals surface area contributed by atoms with Gasteiger partial charge in [-0.25, -0.2) is 4.98 Å². The van der Waals surface area contributed by atoms with Gasteiger partial charge in [0, 0.05) is 18.0 Å². The van der Waals surface area contributed by atoms with Crippen LogP contribution in [0.25, 0.3) is 0 Å². The van der Waals surface area contributed by atoms with Crippen molar-refractivity contribution in [2.75, 3.05) is 12.3 Å². The van der Waals surface area contributed by atoms with Gasteiger partial charge in [-0.3, -0.25) is 4.98 Å². The number of anilines is 1. The number of halogens is 1. The maximum absolute atomic E-state index is 6.02. The molecule has 100 valence electrons. The predicted molar refractivity (Wildman–Crippen MR) is 78.0 cm³/mol. The SMILES string of the molecule is CCCNC(c1ccccn1)c1cc(Cl)cnc1N. The van der Waals surface area contributed by atoms with E-state index in [1.807, 2.05) is 24.3 Å². The van der Waals surface area contributed by atoms with Crippen molar-refractivity contribution in [3.05, 3.63) is 52.9 Å². The van der Waals surface area contributed by atoms with Crippen molar-refractivity contribution < 1.29 is 0 Å². The summed E-state index contributed by atoms with van der Waals surface area (Å²) in [5.41, 5.74) is 7.73. The van der Waals surface area contributed by atoms with Crippen LogP contribution < -0.4 is 11.1 Å². The summed E-state index contributed by atoms with van der Waals surface area (Å²) in [4.78, 5) is 8.50. The van der Waals surface area contributed by atoms with Crippen molar-refractivity contribution >= 4 is 17.4 Å². The lowest BCUT2D eigenvalue weighted by molar-refractivity contribution is 0.586. The van der Waals surface area contributed by atoms with E-state index in [9.17, 15) is 0 Å². The third-order valence-corrected chi connectivity index (χ3v) is 3.02. The minimum absolute atomic E-state index is 0.0904. The summed E-state index contributed by atoms with van der Waals surface area (Å²) in [6, 6.07) is 7.56. The molecule has 0 aliphatic heterocycles. The molecule has 0 aliphatic rings. The third kappa shape index (κ3) is 3.43. The molecular formula is C14H17ClN4. The van der Waals surface area contributed by atoms with Crippen molar-refractivity contribution in [3.8, 4) is 0 Å². The monoisotopic (exact) mass is 276 g/mol. The normalized spacial score (nSPS) is 12.3. The topological polar surface area (TPSA) is 63.8 Å². The Labute approximate surface area is 118 Å². The van der Waals surface area contributed by atoms with E-state index in [0.29, 0.717) is 10.8 Å². The second-order valence-corrected chi connectivity index (χ2v) is 4.71. The zero-order valence-corrected chi connectivity index (χ0v) is 11.6. The molecule has 1 unspecified atom stereocenters. The number of hydrogen-bond acceptors (Lipinski definition) is 4. The first kappa shape index (κ1) is 13.8. The van der Waals surface area contributed by atoms with Gasteiger partial charge in [-0.1, -0.05) is 24.6 Å². The van der Waals surface area contributed by atoms with Crippen molar-refractivity contribution in [3.63, 3.8) is 0 Å². The molecule has 0 saturated carbocycles. The van der Waals surface area contributed by atoms with Gasteiger partial charge in [0.15, 0.2) is 0 Å². The van der Waals surface area contributed by atoms with E-state index < -0.39 is 0 Å². The highest BCUT2D eigenvalue weighted by atomic mass is 35.5. The second kappa shape index (κ2) is 6.50. The van der Waals surface area contributed by atoms with Crippen molar-refractivity contribution in [1.29, 1.82) is 0 Å². The van der Waals surface area contributed by atoms with Crippen LogP contribution in [-0.2, 0) is 0 Å². The number of nitrogens with zero attached hydrogens (tertiary/aromatic N) is 2. The Kier molecular flexibility index (Phi) is 4.71. The van der Waals surface area contributed by atoms with Gasteiger partial charge in [0.05, 0.1) is 16.8 Å². The summed E-state index contributed by atoms with van der Waals surface area (Å²) in [6.07, 6.45) is 4.34. The van der Waals surface area contributed by atoms with E-state index >= 15 is 0 Å². The largest absolute Gasteiger partial charge is 0.383 e. The zero-order chi connectivity index (χ0) is 13.7. The average Bonchev–Trinajstić information content (AvgIpc) is 2.44. The Bertz CT molecular complexity index is 530. The van der Waals surface area contributed by atoms with Crippen LogP contribution in [0.4, 0.5) is 5.82 Å². The summed E-state index contributed by atoms with van der Waals surface area (Å²) < 4.78 is 0. The van der Waals surface area contributed by atoms with Crippen LogP contribution in [0.1, 0.15) is 30.6 Å². The first-order valence-corrected chi connectivity index (χ1v) is 6.65. The Morgan fingerprint density at radius 1 is 1.37 bits per heavy atom. The second-order valence-electron chi connectivity index (χ2n) is 4.27. The molecule has 0 spiro atoms. The lowest BCUT2D eigenvalue weighted by Gasteiger charge is -2.19. The number of hydrogen-bond donors (Lipinski definition) is 2. The van der Waals surface area contributed by atoms with Crippen LogP contribution in [-0.4, -0.2) is 16.5 Å². The minimum atomic E-state index is -0.0904. The molecule has 0 bridgehead atoms. The standard InChI is InChI=1S/C14H17ClN4/c1-2-6-18-13(12-5-3-4-7-17-12)11-8-10(15)9-19-14(11)16/h3-5,7-9,13,18H,2,6H2,1H3,(H2,16,19). The molecule has 0 amide bonds. The molecule has 0 aromatic carbocycles. The fraction of sp³-hybridized carbons (Fsp3) is 0.286. The molecule has 3 N–H and O–H groups in total. The van der Waals surface area contributed by atoms with E-state index in [-0.39, 0.29) is 6.04 Å². The van der Waals surface area contributed by atoms with E-state index in [2.05, 4.69) is 22.2 Å². The molecule has 2 aromatic rings. The van der Waals surface area contributed by atoms with Gasteiger partial charge in [0.1, 0.15) is 5.82 Å². The van der Waals surface area contributed by atoms with Crippen LogP contribution in [0, 0.1) is 0 Å². The zero-order valence-electron chi connectivity index (χ0n) is 10.8. The molecule has 19 heavy (non-hydrogen) atoms. The van der Waals surface area contributed by atoms with E-state index in [4.69, 9.17) is 17.3 Å². The molecule has 4 nitrogen and oxygen atoms in total. The fourth-order valence-corrected chi connectivity index (χ4v) is 2.07. The highest BCUT2D eigenvalue weighted by Gasteiger charge is 2.18. The van der Waals surface area contributed by atoms with Crippen LogP contribution in [0.2, 0.25) is 5.02 Å². The van der Waals surface area contributed by atoms with Crippen molar-refractivity contribution in [1.82, 2.24) is 15.3 Å². The van der Waals surface area contributed by atoms with E-state index in [0.717, 1.165) is 24.2 Å². The van der Waals surface area contributed by atoms with Crippen LogP contribution >= 0.6 is 11.6 Å². The van der Waals surface area contributed by atoms with Crippen molar-refractivity contribution in [2.45, 2.75) is 19.4 Å². The summed E-state index contributed by atoms with van der Waals surface area (Å²) in [7, 11) is 0. The summed E-state index contributed by atoms with van der Waals surface area (Å²) in [5, 5.41) is 4.00. The van der Waals surface area contributed by atoms with Crippen molar-refractivity contribution in [2.24, 2.45) is 0 Å². The molecule has 0 radical (unpaired) electrons. The number of nitrogens with one attached hydrogen (secondary N) is 1. The molecule has 1 atom stereocenters. The lowest BCUT2D eigenvalue weighted by Crippen LogP contribution is -2.25. The first-order chi connectivity index (χ1) is 9.22. The summed E-state index contributed by atoms with van der Waals surface area (Å²) in [5.74, 6) is 0.476. The Hall–Kier alpha value is -1.65. The van der Waals surface area contributed by atoms with Gasteiger partial charge < -0.3 is 11.1 Å². The molecule has 0 saturated heterocycles. The van der Waals surface area contributed by atoms with E-state index in [1.165, 1.54) is 0 Å². The van der Waals surface area contributed by atoms with Crippen LogP contribution in [0.5, 0.6) is 0 Å². The summed E-state index contributed by atoms with van der Waals surface area (Å²) >= 11 is 6.02. The summed E-state index contributed by atoms with van der Waals surface area (Å²) in [6.45, 7) is 2.98. The molecule has 2 aromatic heterocycles. The first-order valence-electron chi connectivity index (χ1n) is 6.27. The smallest absolute Gasteiger partial charge is 0.128 e. The number of rotatable bonds is 5. The van der Waals surface area contributed by atoms with Gasteiger partial charge in [-0.05, 0) is 31.2 Å². The Morgan fingerprint density at radius 2 is 2.21 bits per heavy atom. The average molecular weight is 277 g/mol. The van der Waals surface area contributed by atoms with E-state index in [1.54, 1.807) is 12.4 Å². The number of aromatic nitrogens is 2. The number of nitrogens with two attached hydrogens (primary N) is 1. The number of nitrogen functional groups attached to an aromatic ring is 1. The quantitative estimate of drug-likeness (QED) is 0.881. The Balaban J connectivity index is 2.40. The highest BCUT2D eigenvalue weighted by molar-refractivity contribution is 6.30. The molecule has 0 fully saturated rings. The van der Waals surface area contributed by atoms with Crippen LogP contribution in [0.3, 0.4) is 0 Å². The lowest BCUT2D eigenvalue weighted by atomic mass is 10.0. The molecular weight excluding hydrogens is 260 g/mol. The number of pyridine rings is 2. The molecule has 0 aliphatic carbocycles. The maximum atomic E-state index is 6.02. The van der Waals surface area contributed by atoms with Gasteiger partial charge >= 0.3 is 0 Å². The maximum Gasteiger partial charge on any atom is 0.128 e. The fourth-order valence-electron chi connectivity index (χ4n) is 1.91.